The Morgan fingerprint density at radius 3 is 2.54 bits per heavy atom. The molecule has 0 aliphatic carbocycles. The van der Waals surface area contributed by atoms with Crippen molar-refractivity contribution >= 4 is 0 Å². The second-order valence-corrected chi connectivity index (χ2v) is 3.15. The maximum atomic E-state index is 9.62. The number of rotatable bonds is 3. The summed E-state index contributed by atoms with van der Waals surface area (Å²) in [5.41, 5.74) is 8.17. The first-order valence-corrected chi connectivity index (χ1v) is 4.53. The summed E-state index contributed by atoms with van der Waals surface area (Å²) in [7, 11) is 0. The predicted molar refractivity (Wildman–Crippen MR) is 51.4 cm³/mol. The van der Waals surface area contributed by atoms with E-state index in [-0.39, 0.29) is 6.54 Å². The van der Waals surface area contributed by atoms with Crippen molar-refractivity contribution in [1.82, 2.24) is 9.78 Å². The molecule has 1 aromatic heterocycles. The molecule has 4 nitrogen and oxygen atoms in total. The van der Waals surface area contributed by atoms with E-state index in [1.807, 2.05) is 25.5 Å². The van der Waals surface area contributed by atoms with Gasteiger partial charge in [-0.2, -0.15) is 5.10 Å². The van der Waals surface area contributed by atoms with Crippen molar-refractivity contribution in [3.63, 3.8) is 0 Å². The summed E-state index contributed by atoms with van der Waals surface area (Å²) in [6.45, 7) is 6.95. The van der Waals surface area contributed by atoms with Crippen LogP contribution in [0.3, 0.4) is 0 Å². The van der Waals surface area contributed by atoms with Crippen LogP contribution in [-0.2, 0) is 6.54 Å². The van der Waals surface area contributed by atoms with Crippen LogP contribution < -0.4 is 5.73 Å². The van der Waals surface area contributed by atoms with Crippen LogP contribution in [0, 0.1) is 13.8 Å². The van der Waals surface area contributed by atoms with Crippen molar-refractivity contribution in [2.75, 3.05) is 6.54 Å². The van der Waals surface area contributed by atoms with Crippen LogP contribution in [0.2, 0.25) is 0 Å². The molecule has 0 spiro atoms. The van der Waals surface area contributed by atoms with Crippen molar-refractivity contribution in [3.8, 4) is 0 Å². The molecular formula is C9H17N3O. The Morgan fingerprint density at radius 2 is 2.15 bits per heavy atom. The van der Waals surface area contributed by atoms with Gasteiger partial charge in [0.15, 0.2) is 0 Å². The highest BCUT2D eigenvalue weighted by molar-refractivity contribution is 5.27. The van der Waals surface area contributed by atoms with E-state index in [0.29, 0.717) is 0 Å². The SMILES string of the molecule is CCn1nc(C)c([C@@H](O)CN)c1C. The molecule has 0 aliphatic heterocycles. The molecule has 0 fully saturated rings. The second-order valence-electron chi connectivity index (χ2n) is 3.15. The number of aliphatic hydroxyl groups is 1. The molecule has 4 heteroatoms. The Hall–Kier alpha value is -0.870. The smallest absolute Gasteiger partial charge is 0.0947 e. The fourth-order valence-electron chi connectivity index (χ4n) is 1.62. The fourth-order valence-corrected chi connectivity index (χ4v) is 1.62. The normalized spacial score (nSPS) is 13.3. The van der Waals surface area contributed by atoms with Crippen LogP contribution in [0.5, 0.6) is 0 Å². The van der Waals surface area contributed by atoms with Gasteiger partial charge >= 0.3 is 0 Å². The van der Waals surface area contributed by atoms with Crippen molar-refractivity contribution in [3.05, 3.63) is 17.0 Å². The number of nitrogens with two attached hydrogens (primary N) is 1. The van der Waals surface area contributed by atoms with Gasteiger partial charge in [-0.25, -0.2) is 0 Å². The molecule has 1 heterocycles. The van der Waals surface area contributed by atoms with E-state index in [0.717, 1.165) is 23.5 Å². The topological polar surface area (TPSA) is 64.1 Å². The van der Waals surface area contributed by atoms with Crippen LogP contribution in [0.25, 0.3) is 0 Å². The lowest BCUT2D eigenvalue weighted by Crippen LogP contribution is -2.13. The second kappa shape index (κ2) is 3.89. The van der Waals surface area contributed by atoms with Gasteiger partial charge in [0.05, 0.1) is 11.8 Å². The summed E-state index contributed by atoms with van der Waals surface area (Å²) in [6.07, 6.45) is -0.583. The molecule has 0 saturated heterocycles. The summed E-state index contributed by atoms with van der Waals surface area (Å²) in [5, 5.41) is 13.9. The van der Waals surface area contributed by atoms with E-state index < -0.39 is 6.10 Å². The highest BCUT2D eigenvalue weighted by atomic mass is 16.3. The van der Waals surface area contributed by atoms with Gasteiger partial charge in [0, 0.05) is 24.3 Å². The van der Waals surface area contributed by atoms with E-state index >= 15 is 0 Å². The summed E-state index contributed by atoms with van der Waals surface area (Å²) in [6, 6.07) is 0. The lowest BCUT2D eigenvalue weighted by molar-refractivity contribution is 0.185. The van der Waals surface area contributed by atoms with Gasteiger partial charge in [-0.15, -0.1) is 0 Å². The Morgan fingerprint density at radius 1 is 1.54 bits per heavy atom. The molecule has 0 amide bonds. The molecule has 74 valence electrons. The average Bonchev–Trinajstić information content (AvgIpc) is 2.40. The minimum absolute atomic E-state index is 0.247. The predicted octanol–water partition coefficient (Wildman–Crippen LogP) is 0.512. The van der Waals surface area contributed by atoms with Crippen molar-refractivity contribution < 1.29 is 5.11 Å². The molecule has 1 atom stereocenters. The maximum Gasteiger partial charge on any atom is 0.0947 e. The Bertz CT molecular complexity index is 293. The third-order valence-electron chi connectivity index (χ3n) is 2.29. The van der Waals surface area contributed by atoms with E-state index in [9.17, 15) is 5.11 Å². The summed E-state index contributed by atoms with van der Waals surface area (Å²) in [5.74, 6) is 0. The highest BCUT2D eigenvalue weighted by Crippen LogP contribution is 2.20. The molecule has 0 saturated carbocycles. The van der Waals surface area contributed by atoms with E-state index in [1.54, 1.807) is 0 Å². The van der Waals surface area contributed by atoms with Crippen LogP contribution in [0.1, 0.15) is 30.0 Å². The fraction of sp³-hybridized carbons (Fsp3) is 0.667. The van der Waals surface area contributed by atoms with Gasteiger partial charge < -0.3 is 10.8 Å². The van der Waals surface area contributed by atoms with Crippen molar-refractivity contribution in [1.29, 1.82) is 0 Å². The van der Waals surface area contributed by atoms with Gasteiger partial charge in [0.2, 0.25) is 0 Å². The Labute approximate surface area is 78.4 Å². The maximum absolute atomic E-state index is 9.62. The molecule has 0 radical (unpaired) electrons. The lowest BCUT2D eigenvalue weighted by Gasteiger charge is -2.08. The quantitative estimate of drug-likeness (QED) is 0.717. The van der Waals surface area contributed by atoms with Crippen molar-refractivity contribution in [2.24, 2.45) is 5.73 Å². The number of aryl methyl sites for hydroxylation is 2. The van der Waals surface area contributed by atoms with E-state index in [4.69, 9.17) is 5.73 Å². The van der Waals surface area contributed by atoms with E-state index in [1.165, 1.54) is 0 Å². The van der Waals surface area contributed by atoms with Gasteiger partial charge in [0.25, 0.3) is 0 Å². The number of nitrogens with zero attached hydrogens (tertiary/aromatic N) is 2. The lowest BCUT2D eigenvalue weighted by atomic mass is 10.1. The van der Waals surface area contributed by atoms with Gasteiger partial charge in [-0.3, -0.25) is 4.68 Å². The first-order valence-electron chi connectivity index (χ1n) is 4.53. The zero-order chi connectivity index (χ0) is 10.0. The first kappa shape index (κ1) is 10.2. The molecule has 1 rings (SSSR count). The van der Waals surface area contributed by atoms with Crippen molar-refractivity contribution in [2.45, 2.75) is 33.4 Å². The van der Waals surface area contributed by atoms with Crippen LogP contribution >= 0.6 is 0 Å². The van der Waals surface area contributed by atoms with Gasteiger partial charge in [-0.1, -0.05) is 0 Å². The molecule has 3 N–H and O–H groups in total. The zero-order valence-electron chi connectivity index (χ0n) is 8.41. The molecule has 0 unspecified atom stereocenters. The third-order valence-corrected chi connectivity index (χ3v) is 2.29. The molecule has 0 aliphatic rings. The van der Waals surface area contributed by atoms with Crippen LogP contribution in [-0.4, -0.2) is 21.4 Å². The standard InChI is InChI=1S/C9H17N3O/c1-4-12-7(3)9(6(2)11-12)8(13)5-10/h8,13H,4-5,10H2,1-3H3/t8-/m0/s1. The minimum Gasteiger partial charge on any atom is -0.387 e. The Kier molecular flexibility index (Phi) is 3.06. The van der Waals surface area contributed by atoms with Gasteiger partial charge in [0.1, 0.15) is 0 Å². The summed E-state index contributed by atoms with van der Waals surface area (Å²) in [4.78, 5) is 0. The average molecular weight is 183 g/mol. The molecular weight excluding hydrogens is 166 g/mol. The number of aliphatic hydroxyl groups excluding tert-OH is 1. The van der Waals surface area contributed by atoms with Gasteiger partial charge in [-0.05, 0) is 20.8 Å². The van der Waals surface area contributed by atoms with Crippen LogP contribution in [0.4, 0.5) is 0 Å². The third kappa shape index (κ3) is 1.73. The van der Waals surface area contributed by atoms with Crippen LogP contribution in [0.15, 0.2) is 0 Å². The Balaban J connectivity index is 3.12. The minimum atomic E-state index is -0.583. The monoisotopic (exact) mass is 183 g/mol. The summed E-state index contributed by atoms with van der Waals surface area (Å²) < 4.78 is 1.88. The first-order chi connectivity index (χ1) is 6.11. The zero-order valence-corrected chi connectivity index (χ0v) is 8.41. The number of aromatic nitrogens is 2. The number of hydrogen-bond donors (Lipinski definition) is 2. The molecule has 1 aromatic rings. The molecule has 0 bridgehead atoms. The number of hydrogen-bond acceptors (Lipinski definition) is 3. The highest BCUT2D eigenvalue weighted by Gasteiger charge is 2.16. The molecule has 13 heavy (non-hydrogen) atoms. The van der Waals surface area contributed by atoms with E-state index in [2.05, 4.69) is 5.10 Å². The largest absolute Gasteiger partial charge is 0.387 e. The summed E-state index contributed by atoms with van der Waals surface area (Å²) >= 11 is 0. The molecule has 0 aromatic carbocycles.